The molecule has 23 heavy (non-hydrogen) atoms. The van der Waals surface area contributed by atoms with Crippen molar-refractivity contribution in [2.24, 2.45) is 0 Å². The Morgan fingerprint density at radius 2 is 2.04 bits per heavy atom. The van der Waals surface area contributed by atoms with E-state index in [0.29, 0.717) is 17.4 Å². The van der Waals surface area contributed by atoms with Gasteiger partial charge in [-0.2, -0.15) is 8.78 Å². The first kappa shape index (κ1) is 17.7. The Bertz CT molecular complexity index is 582. The van der Waals surface area contributed by atoms with E-state index in [1.165, 1.54) is 13.0 Å². The van der Waals surface area contributed by atoms with Gasteiger partial charge in [-0.15, -0.1) is 0 Å². The average molecular weight is 344 g/mol. The summed E-state index contributed by atoms with van der Waals surface area (Å²) in [7, 11) is 0. The fourth-order valence-corrected chi connectivity index (χ4v) is 2.85. The van der Waals surface area contributed by atoms with Crippen molar-refractivity contribution in [1.82, 2.24) is 4.90 Å². The average Bonchev–Trinajstić information content (AvgIpc) is 3.30. The third-order valence-corrected chi connectivity index (χ3v) is 4.36. The van der Waals surface area contributed by atoms with E-state index in [1.54, 1.807) is 23.1 Å². The molecule has 1 aromatic rings. The highest BCUT2D eigenvalue weighted by molar-refractivity contribution is 7.99. The molecule has 0 aliphatic heterocycles. The van der Waals surface area contributed by atoms with Crippen LogP contribution in [-0.4, -0.2) is 46.3 Å². The van der Waals surface area contributed by atoms with Crippen LogP contribution in [0.3, 0.4) is 0 Å². The van der Waals surface area contributed by atoms with Crippen LogP contribution in [0.25, 0.3) is 0 Å². The second kappa shape index (κ2) is 7.74. The molecule has 1 aliphatic carbocycles. The van der Waals surface area contributed by atoms with Crippen LogP contribution >= 0.6 is 11.8 Å². The van der Waals surface area contributed by atoms with E-state index >= 15 is 0 Å². The summed E-state index contributed by atoms with van der Waals surface area (Å²) in [5.41, 5.74) is 0.307. The van der Waals surface area contributed by atoms with Gasteiger partial charge in [0, 0.05) is 10.9 Å². The Morgan fingerprint density at radius 3 is 2.61 bits per heavy atom. The van der Waals surface area contributed by atoms with Gasteiger partial charge in [0.1, 0.15) is 6.04 Å². The minimum absolute atomic E-state index is 0.0776. The molecule has 8 heteroatoms. The maximum absolute atomic E-state index is 12.5. The number of amides is 1. The first-order chi connectivity index (χ1) is 10.9. The molecule has 1 saturated carbocycles. The van der Waals surface area contributed by atoms with Crippen LogP contribution in [0.15, 0.2) is 29.2 Å². The number of nitrogens with zero attached hydrogens (tertiary/aromatic N) is 1. The summed E-state index contributed by atoms with van der Waals surface area (Å²) in [4.78, 5) is 25.2. The van der Waals surface area contributed by atoms with Crippen LogP contribution in [0.5, 0.6) is 0 Å². The van der Waals surface area contributed by atoms with Crippen molar-refractivity contribution in [3.8, 4) is 0 Å². The minimum Gasteiger partial charge on any atom is -0.480 e. The molecule has 1 amide bonds. The van der Waals surface area contributed by atoms with Crippen molar-refractivity contribution in [1.29, 1.82) is 0 Å². The lowest BCUT2D eigenvalue weighted by atomic mass is 10.2. The molecular weight excluding hydrogens is 326 g/mol. The molecular formula is C15H18F2N2O3S. The second-order valence-electron chi connectivity index (χ2n) is 5.34. The largest absolute Gasteiger partial charge is 0.480 e. The maximum Gasteiger partial charge on any atom is 0.320 e. The molecule has 1 fully saturated rings. The van der Waals surface area contributed by atoms with Crippen molar-refractivity contribution < 1.29 is 23.5 Å². The monoisotopic (exact) mass is 344 g/mol. The van der Waals surface area contributed by atoms with E-state index in [0.717, 1.165) is 12.8 Å². The molecule has 1 aromatic carbocycles. The number of carbonyl (C=O) groups is 2. The predicted octanol–water partition coefficient (Wildman–Crippen LogP) is 2.88. The van der Waals surface area contributed by atoms with Crippen LogP contribution in [-0.2, 0) is 9.59 Å². The Labute approximate surface area is 137 Å². The number of aliphatic carboxylic acids is 1. The number of carboxylic acid groups (broad SMARTS) is 1. The summed E-state index contributed by atoms with van der Waals surface area (Å²) < 4.78 is 25.1. The van der Waals surface area contributed by atoms with Gasteiger partial charge in [0.25, 0.3) is 5.76 Å². The molecule has 5 nitrogen and oxygen atoms in total. The van der Waals surface area contributed by atoms with Gasteiger partial charge in [-0.3, -0.25) is 14.5 Å². The molecule has 126 valence electrons. The third kappa shape index (κ3) is 5.18. The number of carbonyl (C=O) groups excluding carboxylic acids is 1. The Hall–Kier alpha value is -1.67. The molecule has 1 aliphatic rings. The maximum atomic E-state index is 12.5. The third-order valence-electron chi connectivity index (χ3n) is 3.57. The van der Waals surface area contributed by atoms with Gasteiger partial charge in [0.05, 0.1) is 12.2 Å². The minimum atomic E-state index is -2.58. The molecule has 2 rings (SSSR count). The van der Waals surface area contributed by atoms with Crippen molar-refractivity contribution in [3.05, 3.63) is 24.3 Å². The van der Waals surface area contributed by atoms with Crippen molar-refractivity contribution in [2.75, 3.05) is 11.9 Å². The number of nitrogens with one attached hydrogen (secondary N) is 1. The van der Waals surface area contributed by atoms with E-state index < -0.39 is 23.7 Å². The van der Waals surface area contributed by atoms with Crippen LogP contribution in [0.2, 0.25) is 0 Å². The molecule has 2 N–H and O–H groups in total. The number of thioether (sulfide) groups is 1. The molecule has 0 spiro atoms. The highest BCUT2D eigenvalue weighted by atomic mass is 32.2. The van der Waals surface area contributed by atoms with Gasteiger partial charge in [0.2, 0.25) is 5.91 Å². The number of hydrogen-bond donors (Lipinski definition) is 2. The van der Waals surface area contributed by atoms with Crippen molar-refractivity contribution >= 4 is 29.3 Å². The smallest absolute Gasteiger partial charge is 0.320 e. The van der Waals surface area contributed by atoms with Crippen molar-refractivity contribution in [3.63, 3.8) is 0 Å². The fourth-order valence-electron chi connectivity index (χ4n) is 2.25. The standard InChI is InChI=1S/C15H18F2N2O3S/c1-9(14(21)22)19(10-6-7-10)8-13(20)18-11-4-2-3-5-12(11)23-15(16)17/h2-5,9-10,15H,6-8H2,1H3,(H,18,20)(H,21,22). The van der Waals surface area contributed by atoms with E-state index in [9.17, 15) is 18.4 Å². The number of hydrogen-bond acceptors (Lipinski definition) is 4. The van der Waals surface area contributed by atoms with Gasteiger partial charge in [-0.25, -0.2) is 0 Å². The molecule has 0 bridgehead atoms. The number of rotatable bonds is 8. The van der Waals surface area contributed by atoms with Crippen LogP contribution in [0, 0.1) is 0 Å². The first-order valence-corrected chi connectivity index (χ1v) is 8.08. The van der Waals surface area contributed by atoms with Gasteiger partial charge < -0.3 is 10.4 Å². The highest BCUT2D eigenvalue weighted by Crippen LogP contribution is 2.32. The zero-order valence-corrected chi connectivity index (χ0v) is 13.4. The number of carboxylic acids is 1. The zero-order chi connectivity index (χ0) is 17.0. The fraction of sp³-hybridized carbons (Fsp3) is 0.467. The SMILES string of the molecule is CC(C(=O)O)N(CC(=O)Nc1ccccc1SC(F)F)C1CC1. The summed E-state index contributed by atoms with van der Waals surface area (Å²) in [6, 6.07) is 5.64. The van der Waals surface area contributed by atoms with E-state index in [4.69, 9.17) is 5.11 Å². The van der Waals surface area contributed by atoms with Gasteiger partial charge in [-0.1, -0.05) is 23.9 Å². The van der Waals surface area contributed by atoms with E-state index in [2.05, 4.69) is 5.32 Å². The van der Waals surface area contributed by atoms with Crippen LogP contribution in [0.4, 0.5) is 14.5 Å². The predicted molar refractivity (Wildman–Crippen MR) is 83.8 cm³/mol. The zero-order valence-electron chi connectivity index (χ0n) is 12.5. The van der Waals surface area contributed by atoms with Crippen molar-refractivity contribution in [2.45, 2.75) is 42.5 Å². The van der Waals surface area contributed by atoms with Gasteiger partial charge in [-0.05, 0) is 31.9 Å². The molecule has 0 saturated heterocycles. The van der Waals surface area contributed by atoms with Crippen LogP contribution in [0.1, 0.15) is 19.8 Å². The number of anilines is 1. The summed E-state index contributed by atoms with van der Waals surface area (Å²) in [5.74, 6) is -3.98. The van der Waals surface area contributed by atoms with Crippen LogP contribution < -0.4 is 5.32 Å². The first-order valence-electron chi connectivity index (χ1n) is 7.20. The molecule has 0 heterocycles. The lowest BCUT2D eigenvalue weighted by Gasteiger charge is -2.25. The lowest BCUT2D eigenvalue weighted by Crippen LogP contribution is -2.44. The Balaban J connectivity index is 2.02. The summed E-state index contributed by atoms with van der Waals surface area (Å²) >= 11 is 0.360. The highest BCUT2D eigenvalue weighted by Gasteiger charge is 2.36. The number of halogens is 2. The summed E-state index contributed by atoms with van der Waals surface area (Å²) in [6.07, 6.45) is 1.73. The molecule has 1 atom stereocenters. The number of alkyl halides is 2. The summed E-state index contributed by atoms with van der Waals surface area (Å²) in [5, 5.41) is 11.7. The Morgan fingerprint density at radius 1 is 1.39 bits per heavy atom. The topological polar surface area (TPSA) is 69.6 Å². The number of para-hydroxylation sites is 1. The quantitative estimate of drug-likeness (QED) is 0.710. The van der Waals surface area contributed by atoms with E-state index in [-0.39, 0.29) is 17.5 Å². The van der Waals surface area contributed by atoms with Gasteiger partial charge in [0.15, 0.2) is 0 Å². The molecule has 1 unspecified atom stereocenters. The van der Waals surface area contributed by atoms with E-state index in [1.807, 2.05) is 0 Å². The lowest BCUT2D eigenvalue weighted by molar-refractivity contribution is -0.143. The van der Waals surface area contributed by atoms with Gasteiger partial charge >= 0.3 is 5.97 Å². The summed E-state index contributed by atoms with van der Waals surface area (Å²) in [6.45, 7) is 1.46. The molecule has 0 aromatic heterocycles. The Kier molecular flexibility index (Phi) is 5.95. The second-order valence-corrected chi connectivity index (χ2v) is 6.37. The molecule has 0 radical (unpaired) electrons. The normalized spacial score (nSPS) is 15.7. The number of benzene rings is 1.